The Bertz CT molecular complexity index is 1580. The minimum Gasteiger partial charge on any atom is -0.461 e. The molecule has 230 valence electrons. The van der Waals surface area contributed by atoms with Crippen LogP contribution in [0.15, 0.2) is 59.0 Å². The molecular formula is C36H42N4O3S. The fourth-order valence-corrected chi connectivity index (χ4v) is 7.78. The van der Waals surface area contributed by atoms with Crippen molar-refractivity contribution >= 4 is 17.2 Å². The minimum absolute atomic E-state index is 0.205. The SMILES string of the molecule is CC(C)c1nnc(-c2ccc(Oc3cc(-c4ccc(C5CCN(C6CCCC6)CC5)o4)ccc3CN3CCCC3=O)cc2)s1. The van der Waals surface area contributed by atoms with Gasteiger partial charge in [-0.1, -0.05) is 50.2 Å². The molecule has 0 atom stereocenters. The molecule has 0 bridgehead atoms. The number of hydrogen-bond acceptors (Lipinski definition) is 7. The molecule has 0 N–H and O–H groups in total. The van der Waals surface area contributed by atoms with Gasteiger partial charge in [0.15, 0.2) is 0 Å². The van der Waals surface area contributed by atoms with Gasteiger partial charge in [-0.2, -0.15) is 0 Å². The number of ether oxygens (including phenoxy) is 1. The minimum atomic E-state index is 0.205. The van der Waals surface area contributed by atoms with Crippen LogP contribution < -0.4 is 4.74 Å². The smallest absolute Gasteiger partial charge is 0.222 e. The first-order valence-electron chi connectivity index (χ1n) is 16.4. The topological polar surface area (TPSA) is 71.7 Å². The average Bonchev–Trinajstić information content (AvgIpc) is 3.87. The van der Waals surface area contributed by atoms with E-state index in [1.807, 2.05) is 29.2 Å². The number of carbonyl (C=O) groups is 1. The second-order valence-electron chi connectivity index (χ2n) is 12.9. The fraction of sp³-hybridized carbons (Fsp3) is 0.472. The molecule has 2 aromatic carbocycles. The largest absolute Gasteiger partial charge is 0.461 e. The first-order chi connectivity index (χ1) is 21.5. The number of rotatable bonds is 9. The van der Waals surface area contributed by atoms with Crippen molar-refractivity contribution in [1.82, 2.24) is 20.0 Å². The van der Waals surface area contributed by atoms with Gasteiger partial charge in [0.2, 0.25) is 5.91 Å². The normalized spacial score (nSPS) is 18.6. The summed E-state index contributed by atoms with van der Waals surface area (Å²) in [5.74, 6) is 4.47. The quantitative estimate of drug-likeness (QED) is 0.189. The summed E-state index contributed by atoms with van der Waals surface area (Å²) in [4.78, 5) is 17.1. The Morgan fingerprint density at radius 3 is 2.39 bits per heavy atom. The molecule has 3 aliphatic rings. The summed E-state index contributed by atoms with van der Waals surface area (Å²) in [5, 5.41) is 10.7. The Labute approximate surface area is 264 Å². The third kappa shape index (κ3) is 6.33. The lowest BCUT2D eigenvalue weighted by Gasteiger charge is -2.35. The third-order valence-electron chi connectivity index (χ3n) is 9.55. The summed E-state index contributed by atoms with van der Waals surface area (Å²) in [6.07, 6.45) is 9.36. The molecule has 7 rings (SSSR count). The van der Waals surface area contributed by atoms with Crippen LogP contribution in [0.1, 0.15) is 93.4 Å². The molecule has 0 spiro atoms. The van der Waals surface area contributed by atoms with E-state index in [0.717, 1.165) is 81.6 Å². The van der Waals surface area contributed by atoms with Crippen LogP contribution in [0.5, 0.6) is 11.5 Å². The standard InChI is InChI=1S/C36H42N4O3S/c1-24(2)35-37-38-36(44-35)26-11-13-30(14-12-26)42-33-22-27(9-10-28(33)23-40-19-5-8-34(40)41)32-16-15-31(43-32)25-17-20-39(21-18-25)29-6-3-4-7-29/h9-16,22,24-25,29H,3-8,17-21,23H2,1-2H3. The summed E-state index contributed by atoms with van der Waals surface area (Å²) in [5.41, 5.74) is 3.00. The molecule has 1 saturated carbocycles. The first-order valence-corrected chi connectivity index (χ1v) is 17.2. The van der Waals surface area contributed by atoms with Crippen molar-refractivity contribution in [2.24, 2.45) is 0 Å². The van der Waals surface area contributed by atoms with Crippen molar-refractivity contribution in [3.8, 4) is 33.4 Å². The van der Waals surface area contributed by atoms with E-state index in [9.17, 15) is 4.79 Å². The zero-order valence-corrected chi connectivity index (χ0v) is 26.7. The van der Waals surface area contributed by atoms with E-state index in [1.54, 1.807) is 11.3 Å². The maximum atomic E-state index is 12.5. The molecule has 8 heteroatoms. The van der Waals surface area contributed by atoms with Crippen LogP contribution in [0.4, 0.5) is 0 Å². The first kappa shape index (κ1) is 29.2. The number of aromatic nitrogens is 2. The maximum absolute atomic E-state index is 12.5. The molecule has 1 amide bonds. The van der Waals surface area contributed by atoms with Crippen molar-refractivity contribution in [3.05, 3.63) is 70.9 Å². The Morgan fingerprint density at radius 1 is 0.909 bits per heavy atom. The molecule has 2 aliphatic heterocycles. The monoisotopic (exact) mass is 610 g/mol. The summed E-state index contributed by atoms with van der Waals surface area (Å²) in [6, 6.07) is 19.3. The Hall–Kier alpha value is -3.49. The highest BCUT2D eigenvalue weighted by Gasteiger charge is 2.29. The molecule has 0 radical (unpaired) electrons. The van der Waals surface area contributed by atoms with Crippen LogP contribution in [0.3, 0.4) is 0 Å². The number of amides is 1. The van der Waals surface area contributed by atoms with Gasteiger partial charge in [-0.25, -0.2) is 0 Å². The zero-order chi connectivity index (χ0) is 30.0. The zero-order valence-electron chi connectivity index (χ0n) is 25.8. The van der Waals surface area contributed by atoms with Gasteiger partial charge in [-0.05, 0) is 87.7 Å². The maximum Gasteiger partial charge on any atom is 0.222 e. The third-order valence-corrected chi connectivity index (χ3v) is 10.8. The molecule has 1 aliphatic carbocycles. The van der Waals surface area contributed by atoms with Crippen molar-refractivity contribution in [2.45, 2.75) is 89.6 Å². The molecule has 3 fully saturated rings. The molecule has 7 nitrogen and oxygen atoms in total. The van der Waals surface area contributed by atoms with Gasteiger partial charge >= 0.3 is 0 Å². The number of piperidine rings is 1. The van der Waals surface area contributed by atoms with Gasteiger partial charge in [-0.15, -0.1) is 10.2 Å². The number of hydrogen-bond donors (Lipinski definition) is 0. The lowest BCUT2D eigenvalue weighted by atomic mass is 9.93. The molecular weight excluding hydrogens is 568 g/mol. The lowest BCUT2D eigenvalue weighted by Crippen LogP contribution is -2.39. The highest BCUT2D eigenvalue weighted by atomic mass is 32.1. The second kappa shape index (κ2) is 12.9. The van der Waals surface area contributed by atoms with Crippen LogP contribution in [0.2, 0.25) is 0 Å². The van der Waals surface area contributed by atoms with Gasteiger partial charge in [0.05, 0.1) is 0 Å². The van der Waals surface area contributed by atoms with Crippen LogP contribution in [-0.2, 0) is 11.3 Å². The highest BCUT2D eigenvalue weighted by Crippen LogP contribution is 2.38. The Balaban J connectivity index is 1.10. The summed E-state index contributed by atoms with van der Waals surface area (Å²) < 4.78 is 13.0. The van der Waals surface area contributed by atoms with E-state index in [-0.39, 0.29) is 5.91 Å². The highest BCUT2D eigenvalue weighted by molar-refractivity contribution is 7.14. The Kier molecular flexibility index (Phi) is 8.54. The summed E-state index contributed by atoms with van der Waals surface area (Å²) in [6.45, 7) is 7.93. The second-order valence-corrected chi connectivity index (χ2v) is 13.9. The van der Waals surface area contributed by atoms with Crippen molar-refractivity contribution < 1.29 is 13.9 Å². The van der Waals surface area contributed by atoms with E-state index in [4.69, 9.17) is 9.15 Å². The van der Waals surface area contributed by atoms with E-state index in [1.165, 1.54) is 38.8 Å². The number of likely N-dealkylation sites (tertiary alicyclic amines) is 2. The number of benzene rings is 2. The van der Waals surface area contributed by atoms with Gasteiger partial charge in [0.25, 0.3) is 0 Å². The van der Waals surface area contributed by atoms with E-state index >= 15 is 0 Å². The predicted molar refractivity (Wildman–Crippen MR) is 174 cm³/mol. The predicted octanol–water partition coefficient (Wildman–Crippen LogP) is 8.63. The number of nitrogens with zero attached hydrogens (tertiary/aromatic N) is 4. The van der Waals surface area contributed by atoms with Crippen LogP contribution in [0.25, 0.3) is 21.9 Å². The Morgan fingerprint density at radius 2 is 1.68 bits per heavy atom. The van der Waals surface area contributed by atoms with Gasteiger partial charge in [0, 0.05) is 54.1 Å². The van der Waals surface area contributed by atoms with Gasteiger partial charge in [0.1, 0.15) is 33.0 Å². The van der Waals surface area contributed by atoms with Crippen molar-refractivity contribution in [3.63, 3.8) is 0 Å². The van der Waals surface area contributed by atoms with Crippen molar-refractivity contribution in [1.29, 1.82) is 0 Å². The van der Waals surface area contributed by atoms with Crippen molar-refractivity contribution in [2.75, 3.05) is 19.6 Å². The summed E-state index contributed by atoms with van der Waals surface area (Å²) in [7, 11) is 0. The molecule has 44 heavy (non-hydrogen) atoms. The summed E-state index contributed by atoms with van der Waals surface area (Å²) >= 11 is 1.63. The molecule has 4 heterocycles. The molecule has 0 unspecified atom stereocenters. The van der Waals surface area contributed by atoms with Gasteiger partial charge < -0.3 is 19.0 Å². The molecule has 2 saturated heterocycles. The van der Waals surface area contributed by atoms with Crippen LogP contribution >= 0.6 is 11.3 Å². The van der Waals surface area contributed by atoms with E-state index < -0.39 is 0 Å². The van der Waals surface area contributed by atoms with E-state index in [0.29, 0.717) is 24.8 Å². The fourth-order valence-electron chi connectivity index (χ4n) is 6.93. The molecule has 2 aromatic heterocycles. The molecule has 4 aromatic rings. The number of carbonyl (C=O) groups excluding carboxylic acids is 1. The average molecular weight is 611 g/mol. The lowest BCUT2D eigenvalue weighted by molar-refractivity contribution is -0.128. The van der Waals surface area contributed by atoms with Crippen LogP contribution in [0, 0.1) is 0 Å². The van der Waals surface area contributed by atoms with Gasteiger partial charge in [-0.3, -0.25) is 4.79 Å². The number of furan rings is 1. The van der Waals surface area contributed by atoms with Crippen LogP contribution in [-0.4, -0.2) is 51.6 Å². The van der Waals surface area contributed by atoms with E-state index in [2.05, 4.69) is 59.3 Å².